The number of anilines is 1. The number of ether oxygens (including phenoxy) is 1. The molecule has 1 N–H and O–H groups in total. The third-order valence-corrected chi connectivity index (χ3v) is 4.10. The fraction of sp³-hybridized carbons (Fsp3) is 0.647. The molecule has 21 heavy (non-hydrogen) atoms. The van der Waals surface area contributed by atoms with E-state index in [0.717, 1.165) is 62.1 Å². The van der Waals surface area contributed by atoms with Gasteiger partial charge in [-0.1, -0.05) is 30.7 Å². The molecule has 1 aromatic carbocycles. The summed E-state index contributed by atoms with van der Waals surface area (Å²) in [6.45, 7) is 12.2. The van der Waals surface area contributed by atoms with Crippen molar-refractivity contribution in [3.05, 3.63) is 28.8 Å². The van der Waals surface area contributed by atoms with Crippen LogP contribution in [0.4, 0.5) is 5.69 Å². The van der Waals surface area contributed by atoms with Crippen LogP contribution < -0.4 is 5.32 Å². The zero-order valence-electron chi connectivity index (χ0n) is 13.6. The van der Waals surface area contributed by atoms with E-state index in [1.54, 1.807) is 0 Å². The number of hydrogen-bond donors (Lipinski definition) is 1. The van der Waals surface area contributed by atoms with Crippen LogP contribution in [-0.2, 0) is 4.74 Å². The Kier molecular flexibility index (Phi) is 9.48. The average molecular weight is 313 g/mol. The van der Waals surface area contributed by atoms with Crippen LogP contribution in [-0.4, -0.2) is 44.3 Å². The third kappa shape index (κ3) is 7.16. The first-order valence-electron chi connectivity index (χ1n) is 7.98. The molecule has 0 spiro atoms. The van der Waals surface area contributed by atoms with Gasteiger partial charge in [0.05, 0.1) is 10.7 Å². The topological polar surface area (TPSA) is 24.5 Å². The minimum absolute atomic E-state index is 0.818. The molecule has 0 saturated carbocycles. The molecule has 0 saturated heterocycles. The number of benzene rings is 1. The molecule has 0 heterocycles. The minimum atomic E-state index is 0.818. The van der Waals surface area contributed by atoms with Crippen LogP contribution >= 0.6 is 11.6 Å². The van der Waals surface area contributed by atoms with Gasteiger partial charge in [0, 0.05) is 26.3 Å². The molecule has 0 aliphatic carbocycles. The van der Waals surface area contributed by atoms with Crippen LogP contribution in [0.25, 0.3) is 0 Å². The second kappa shape index (κ2) is 10.9. The number of nitrogens with zero attached hydrogens (tertiary/aromatic N) is 1. The van der Waals surface area contributed by atoms with Gasteiger partial charge >= 0.3 is 0 Å². The molecule has 0 unspecified atom stereocenters. The van der Waals surface area contributed by atoms with Gasteiger partial charge in [0.25, 0.3) is 0 Å². The van der Waals surface area contributed by atoms with E-state index in [2.05, 4.69) is 17.1 Å². The SMILES string of the molecule is CCOCCCCN(CC)CCNc1cccc(C)c1Cl. The lowest BCUT2D eigenvalue weighted by Gasteiger charge is -2.21. The van der Waals surface area contributed by atoms with Crippen molar-refractivity contribution in [3.63, 3.8) is 0 Å². The Balaban J connectivity index is 2.24. The summed E-state index contributed by atoms with van der Waals surface area (Å²) in [6, 6.07) is 6.10. The van der Waals surface area contributed by atoms with E-state index < -0.39 is 0 Å². The number of halogens is 1. The van der Waals surface area contributed by atoms with Gasteiger partial charge in [-0.05, 0) is 51.4 Å². The zero-order chi connectivity index (χ0) is 15.5. The highest BCUT2D eigenvalue weighted by Gasteiger charge is 2.04. The van der Waals surface area contributed by atoms with E-state index in [1.807, 2.05) is 32.0 Å². The van der Waals surface area contributed by atoms with E-state index in [4.69, 9.17) is 16.3 Å². The van der Waals surface area contributed by atoms with Gasteiger partial charge in [0.1, 0.15) is 0 Å². The molecule has 4 heteroatoms. The minimum Gasteiger partial charge on any atom is -0.383 e. The summed E-state index contributed by atoms with van der Waals surface area (Å²) in [5.41, 5.74) is 2.15. The Hall–Kier alpha value is -0.770. The largest absolute Gasteiger partial charge is 0.383 e. The van der Waals surface area contributed by atoms with Crippen LogP contribution in [0.1, 0.15) is 32.3 Å². The molecule has 1 aromatic rings. The number of unbranched alkanes of at least 4 members (excludes halogenated alkanes) is 1. The maximum atomic E-state index is 6.28. The average Bonchev–Trinajstić information content (AvgIpc) is 2.49. The number of rotatable bonds is 11. The molecular formula is C17H29ClN2O. The quantitative estimate of drug-likeness (QED) is 0.620. The van der Waals surface area contributed by atoms with Gasteiger partial charge < -0.3 is 15.0 Å². The molecular weight excluding hydrogens is 284 g/mol. The van der Waals surface area contributed by atoms with Gasteiger partial charge in [-0.25, -0.2) is 0 Å². The number of hydrogen-bond acceptors (Lipinski definition) is 3. The zero-order valence-corrected chi connectivity index (χ0v) is 14.4. The Morgan fingerprint density at radius 3 is 2.71 bits per heavy atom. The summed E-state index contributed by atoms with van der Waals surface area (Å²) in [7, 11) is 0. The monoisotopic (exact) mass is 312 g/mol. The van der Waals surface area contributed by atoms with Crippen LogP contribution in [0.15, 0.2) is 18.2 Å². The predicted molar refractivity (Wildman–Crippen MR) is 92.5 cm³/mol. The van der Waals surface area contributed by atoms with Crippen LogP contribution in [0.2, 0.25) is 5.02 Å². The smallest absolute Gasteiger partial charge is 0.0666 e. The van der Waals surface area contributed by atoms with Crippen LogP contribution in [0.5, 0.6) is 0 Å². The molecule has 0 bridgehead atoms. The molecule has 0 aliphatic heterocycles. The van der Waals surface area contributed by atoms with E-state index in [-0.39, 0.29) is 0 Å². The molecule has 0 amide bonds. The van der Waals surface area contributed by atoms with Crippen molar-refractivity contribution in [1.82, 2.24) is 4.90 Å². The summed E-state index contributed by atoms with van der Waals surface area (Å²) in [5.74, 6) is 0. The molecule has 0 fully saturated rings. The molecule has 0 radical (unpaired) electrons. The highest BCUT2D eigenvalue weighted by molar-refractivity contribution is 6.33. The summed E-state index contributed by atoms with van der Waals surface area (Å²) in [5, 5.41) is 4.26. The lowest BCUT2D eigenvalue weighted by molar-refractivity contribution is 0.139. The number of likely N-dealkylation sites (N-methyl/N-ethyl adjacent to an activating group) is 1. The molecule has 120 valence electrons. The molecule has 0 aliphatic rings. The van der Waals surface area contributed by atoms with Crippen molar-refractivity contribution in [2.24, 2.45) is 0 Å². The van der Waals surface area contributed by atoms with Crippen LogP contribution in [0, 0.1) is 6.92 Å². The Morgan fingerprint density at radius 2 is 2.00 bits per heavy atom. The van der Waals surface area contributed by atoms with Crippen LogP contribution in [0.3, 0.4) is 0 Å². The van der Waals surface area contributed by atoms with Gasteiger partial charge in [-0.3, -0.25) is 0 Å². The Labute approximate surface area is 134 Å². The lowest BCUT2D eigenvalue weighted by atomic mass is 10.2. The molecule has 3 nitrogen and oxygen atoms in total. The van der Waals surface area contributed by atoms with Gasteiger partial charge in [0.2, 0.25) is 0 Å². The van der Waals surface area contributed by atoms with Gasteiger partial charge in [-0.2, -0.15) is 0 Å². The Morgan fingerprint density at radius 1 is 1.19 bits per heavy atom. The molecule has 1 rings (SSSR count). The molecule has 0 atom stereocenters. The van der Waals surface area contributed by atoms with Crippen molar-refractivity contribution in [2.45, 2.75) is 33.6 Å². The fourth-order valence-electron chi connectivity index (χ4n) is 2.24. The second-order valence-electron chi connectivity index (χ2n) is 5.20. The normalized spacial score (nSPS) is 11.1. The lowest BCUT2D eigenvalue weighted by Crippen LogP contribution is -2.30. The van der Waals surface area contributed by atoms with Crippen molar-refractivity contribution in [3.8, 4) is 0 Å². The van der Waals surface area contributed by atoms with E-state index in [1.165, 1.54) is 6.42 Å². The van der Waals surface area contributed by atoms with Crippen molar-refractivity contribution < 1.29 is 4.74 Å². The summed E-state index contributed by atoms with van der Waals surface area (Å²) < 4.78 is 5.37. The second-order valence-corrected chi connectivity index (χ2v) is 5.58. The summed E-state index contributed by atoms with van der Waals surface area (Å²) in [4.78, 5) is 2.46. The maximum Gasteiger partial charge on any atom is 0.0666 e. The first-order valence-corrected chi connectivity index (χ1v) is 8.35. The van der Waals surface area contributed by atoms with Crippen molar-refractivity contribution in [1.29, 1.82) is 0 Å². The van der Waals surface area contributed by atoms with Gasteiger partial charge in [-0.15, -0.1) is 0 Å². The summed E-state index contributed by atoms with van der Waals surface area (Å²) in [6.07, 6.45) is 2.33. The predicted octanol–water partition coefficient (Wildman–Crippen LogP) is 4.20. The molecule has 0 aromatic heterocycles. The first-order chi connectivity index (χ1) is 10.2. The maximum absolute atomic E-state index is 6.28. The third-order valence-electron chi connectivity index (χ3n) is 3.60. The highest BCUT2D eigenvalue weighted by Crippen LogP contribution is 2.24. The van der Waals surface area contributed by atoms with E-state index in [9.17, 15) is 0 Å². The van der Waals surface area contributed by atoms with E-state index >= 15 is 0 Å². The Bertz CT molecular complexity index is 398. The fourth-order valence-corrected chi connectivity index (χ4v) is 2.44. The van der Waals surface area contributed by atoms with Gasteiger partial charge in [0.15, 0.2) is 0 Å². The highest BCUT2D eigenvalue weighted by atomic mass is 35.5. The van der Waals surface area contributed by atoms with E-state index in [0.29, 0.717) is 0 Å². The first kappa shape index (κ1) is 18.3. The standard InChI is InChI=1S/C17H29ClN2O/c1-4-20(12-6-7-14-21-5-2)13-11-19-16-10-8-9-15(3)17(16)18/h8-10,19H,4-7,11-14H2,1-3H3. The number of nitrogens with one attached hydrogen (secondary N) is 1. The van der Waals surface area contributed by atoms with Crippen molar-refractivity contribution >= 4 is 17.3 Å². The summed E-state index contributed by atoms with van der Waals surface area (Å²) >= 11 is 6.28. The van der Waals surface area contributed by atoms with Crippen molar-refractivity contribution in [2.75, 3.05) is 44.7 Å². The number of aryl methyl sites for hydroxylation is 1.